The van der Waals surface area contributed by atoms with Crippen LogP contribution in [-0.2, 0) is 10.0 Å². The molecule has 9 heteroatoms. The number of hydrogen-bond acceptors (Lipinski definition) is 3. The largest absolute Gasteiger partial charge is 0.361 e. The lowest BCUT2D eigenvalue weighted by molar-refractivity contribution is -0.364. The lowest BCUT2D eigenvalue weighted by atomic mass is 9.90. The van der Waals surface area contributed by atoms with E-state index in [1.165, 1.54) is 10.5 Å². The van der Waals surface area contributed by atoms with Crippen molar-refractivity contribution < 1.29 is 13.4 Å². The highest BCUT2D eigenvalue weighted by atomic mass is 35.5. The molecule has 2 heterocycles. The van der Waals surface area contributed by atoms with E-state index in [0.29, 0.717) is 35.5 Å². The molecule has 178 valence electrons. The Labute approximate surface area is 210 Å². The standard InChI is InChI=1S/C25H26Cl2N4O2S/c1-3-31(4-2)34(32,33)18-10-12-25(29-14-18)30-16-21(19-11-9-17(26)13-23(19)27)22-15-28-24-8-6-5-7-20(22)24/h5-15,21,28H,3-4,16H2,1-2H3,(H,29,30)/p+1. The molecule has 2 aromatic carbocycles. The summed E-state index contributed by atoms with van der Waals surface area (Å²) in [5.74, 6) is 0.627. The number of hydrogen-bond donors (Lipinski definition) is 2. The summed E-state index contributed by atoms with van der Waals surface area (Å²) in [5, 5.41) is 5.69. The Hall–Kier alpha value is -2.58. The third kappa shape index (κ3) is 4.93. The zero-order chi connectivity index (χ0) is 24.3. The monoisotopic (exact) mass is 517 g/mol. The molecular formula is C25H27Cl2N4O2S+. The number of nitrogens with one attached hydrogen (secondary N) is 3. The van der Waals surface area contributed by atoms with Gasteiger partial charge in [-0.1, -0.05) is 61.3 Å². The van der Waals surface area contributed by atoms with Gasteiger partial charge in [0.1, 0.15) is 11.1 Å². The minimum absolute atomic E-state index is 0.0756. The molecule has 1 atom stereocenters. The van der Waals surface area contributed by atoms with Crippen LogP contribution in [0.1, 0.15) is 30.9 Å². The summed E-state index contributed by atoms with van der Waals surface area (Å²) in [5.41, 5.74) is 3.10. The van der Waals surface area contributed by atoms with Crippen LogP contribution in [0.15, 0.2) is 71.9 Å². The number of H-pyrrole nitrogens is 2. The highest BCUT2D eigenvalue weighted by Gasteiger charge is 2.25. The van der Waals surface area contributed by atoms with Crippen molar-refractivity contribution in [3.8, 4) is 0 Å². The predicted octanol–water partition coefficient (Wildman–Crippen LogP) is 5.56. The third-order valence-corrected chi connectivity index (χ3v) is 8.57. The first-order valence-electron chi connectivity index (χ1n) is 11.1. The number of halogens is 2. The fraction of sp³-hybridized carbons (Fsp3) is 0.240. The van der Waals surface area contributed by atoms with Gasteiger partial charge in [-0.3, -0.25) is 5.32 Å². The Bertz CT molecular complexity index is 1380. The van der Waals surface area contributed by atoms with Gasteiger partial charge < -0.3 is 4.98 Å². The maximum atomic E-state index is 12.8. The summed E-state index contributed by atoms with van der Waals surface area (Å²) in [6.45, 7) is 5.03. The van der Waals surface area contributed by atoms with E-state index in [-0.39, 0.29) is 10.8 Å². The molecule has 0 aliphatic carbocycles. The van der Waals surface area contributed by atoms with E-state index in [1.807, 2.05) is 50.4 Å². The van der Waals surface area contributed by atoms with Crippen molar-refractivity contribution >= 4 is 49.9 Å². The lowest BCUT2D eigenvalue weighted by Crippen LogP contribution is -2.31. The third-order valence-electron chi connectivity index (χ3n) is 5.96. The number of para-hydroxylation sites is 1. The van der Waals surface area contributed by atoms with Gasteiger partial charge in [-0.2, -0.15) is 4.31 Å². The number of aromatic nitrogens is 2. The number of rotatable bonds is 9. The van der Waals surface area contributed by atoms with E-state index < -0.39 is 10.0 Å². The van der Waals surface area contributed by atoms with Gasteiger partial charge in [0.2, 0.25) is 10.0 Å². The number of pyridine rings is 1. The number of aromatic amines is 2. The minimum atomic E-state index is -3.52. The van der Waals surface area contributed by atoms with Crippen molar-refractivity contribution in [2.45, 2.75) is 24.7 Å². The molecule has 6 nitrogen and oxygen atoms in total. The Balaban J connectivity index is 1.63. The summed E-state index contributed by atoms with van der Waals surface area (Å²) in [6.07, 6.45) is 3.53. The van der Waals surface area contributed by atoms with Crippen LogP contribution in [0.2, 0.25) is 10.0 Å². The van der Waals surface area contributed by atoms with Crippen LogP contribution in [0.5, 0.6) is 0 Å². The summed E-state index contributed by atoms with van der Waals surface area (Å²) in [4.78, 5) is 6.65. The van der Waals surface area contributed by atoms with E-state index in [0.717, 1.165) is 22.0 Å². The summed E-state index contributed by atoms with van der Waals surface area (Å²) in [7, 11) is -3.52. The van der Waals surface area contributed by atoms with Gasteiger partial charge in [-0.25, -0.2) is 13.4 Å². The van der Waals surface area contributed by atoms with Crippen LogP contribution in [0.4, 0.5) is 5.82 Å². The molecule has 0 bridgehead atoms. The van der Waals surface area contributed by atoms with Crippen LogP contribution in [0, 0.1) is 0 Å². The van der Waals surface area contributed by atoms with Crippen LogP contribution in [-0.4, -0.2) is 37.3 Å². The van der Waals surface area contributed by atoms with E-state index >= 15 is 0 Å². The molecule has 0 saturated carbocycles. The molecule has 0 fully saturated rings. The van der Waals surface area contributed by atoms with Gasteiger partial charge >= 0.3 is 0 Å². The second-order valence-electron chi connectivity index (χ2n) is 7.92. The molecule has 0 radical (unpaired) electrons. The molecule has 4 rings (SSSR count). The van der Waals surface area contributed by atoms with Gasteiger partial charge in [-0.15, -0.1) is 0 Å². The van der Waals surface area contributed by atoms with E-state index in [1.54, 1.807) is 18.2 Å². The van der Waals surface area contributed by atoms with Gasteiger partial charge in [0.25, 0.3) is 5.82 Å². The fourth-order valence-corrected chi connectivity index (χ4v) is 6.13. The predicted molar refractivity (Wildman–Crippen MR) is 138 cm³/mol. The van der Waals surface area contributed by atoms with Crippen molar-refractivity contribution in [3.05, 3.63) is 88.2 Å². The molecule has 0 aliphatic heterocycles. The van der Waals surface area contributed by atoms with Gasteiger partial charge in [0.15, 0.2) is 0 Å². The second-order valence-corrected chi connectivity index (χ2v) is 10.7. The normalized spacial score (nSPS) is 12.9. The number of nitrogens with zero attached hydrogens (tertiary/aromatic N) is 1. The molecule has 3 N–H and O–H groups in total. The fourth-order valence-electron chi connectivity index (χ4n) is 4.16. The SMILES string of the molecule is CCN(CC)S(=O)(=O)c1ccc(NCC(c2ccc(Cl)cc2Cl)c2c[nH]c3ccccc23)[nH+]c1. The number of benzene rings is 2. The Kier molecular flexibility index (Phi) is 7.48. The summed E-state index contributed by atoms with van der Waals surface area (Å²) >= 11 is 12.7. The second kappa shape index (κ2) is 10.4. The van der Waals surface area contributed by atoms with Crippen molar-refractivity contribution in [3.63, 3.8) is 0 Å². The highest BCUT2D eigenvalue weighted by molar-refractivity contribution is 7.89. The molecule has 1 unspecified atom stereocenters. The molecule has 0 aliphatic rings. The Morgan fingerprint density at radius 1 is 1.03 bits per heavy atom. The molecule has 0 amide bonds. The number of sulfonamides is 1. The van der Waals surface area contributed by atoms with E-state index in [2.05, 4.69) is 21.4 Å². The first-order chi connectivity index (χ1) is 16.3. The first kappa shape index (κ1) is 24.5. The van der Waals surface area contributed by atoms with Crippen LogP contribution in [0.3, 0.4) is 0 Å². The average Bonchev–Trinajstić information content (AvgIpc) is 3.25. The topological polar surface area (TPSA) is 79.3 Å². The van der Waals surface area contributed by atoms with Gasteiger partial charge in [0, 0.05) is 52.2 Å². The average molecular weight is 518 g/mol. The van der Waals surface area contributed by atoms with Crippen LogP contribution in [0.25, 0.3) is 10.9 Å². The zero-order valence-corrected chi connectivity index (χ0v) is 21.3. The zero-order valence-electron chi connectivity index (χ0n) is 19.0. The Morgan fingerprint density at radius 2 is 1.79 bits per heavy atom. The van der Waals surface area contributed by atoms with E-state index in [9.17, 15) is 8.42 Å². The first-order valence-corrected chi connectivity index (χ1v) is 13.3. The maximum absolute atomic E-state index is 12.8. The Morgan fingerprint density at radius 3 is 2.47 bits per heavy atom. The summed E-state index contributed by atoms with van der Waals surface area (Å²) in [6, 6.07) is 17.0. The highest BCUT2D eigenvalue weighted by Crippen LogP contribution is 2.35. The van der Waals surface area contributed by atoms with Crippen LogP contribution < -0.4 is 10.3 Å². The summed E-state index contributed by atoms with van der Waals surface area (Å²) < 4.78 is 26.9. The molecular weight excluding hydrogens is 491 g/mol. The van der Waals surface area contributed by atoms with Crippen molar-refractivity contribution in [2.24, 2.45) is 0 Å². The lowest BCUT2D eigenvalue weighted by Gasteiger charge is -2.18. The van der Waals surface area contributed by atoms with E-state index in [4.69, 9.17) is 23.2 Å². The van der Waals surface area contributed by atoms with Crippen molar-refractivity contribution in [1.82, 2.24) is 9.29 Å². The quantitative estimate of drug-likeness (QED) is 0.304. The minimum Gasteiger partial charge on any atom is -0.361 e. The number of anilines is 1. The van der Waals surface area contributed by atoms with Crippen molar-refractivity contribution in [2.75, 3.05) is 25.0 Å². The molecule has 2 aromatic heterocycles. The molecule has 0 saturated heterocycles. The van der Waals surface area contributed by atoms with Gasteiger partial charge in [0.05, 0.1) is 6.54 Å². The van der Waals surface area contributed by atoms with Crippen LogP contribution >= 0.6 is 23.2 Å². The molecule has 4 aromatic rings. The van der Waals surface area contributed by atoms with Crippen molar-refractivity contribution in [1.29, 1.82) is 0 Å². The maximum Gasteiger partial charge on any atom is 0.272 e. The number of fused-ring (bicyclic) bond motifs is 1. The molecule has 34 heavy (non-hydrogen) atoms. The smallest absolute Gasteiger partial charge is 0.272 e. The molecule has 0 spiro atoms. The van der Waals surface area contributed by atoms with Gasteiger partial charge in [-0.05, 0) is 35.4 Å².